The summed E-state index contributed by atoms with van der Waals surface area (Å²) in [6.45, 7) is 4.83. The van der Waals surface area contributed by atoms with Gasteiger partial charge in [-0.25, -0.2) is 0 Å². The number of esters is 1. The standard InChI is InChI=1S/C18H23F3O3Se/c1-16(2,24-15(22)18(19,20)21)12-9-10-17(3,23)14(11-12)25-13-7-5-4-6-8-13/h4-8,12,14,23H,9-11H2,1-3H3. The molecule has 1 aliphatic carbocycles. The van der Waals surface area contributed by atoms with E-state index in [0.717, 1.165) is 4.46 Å². The Morgan fingerprint density at radius 3 is 2.44 bits per heavy atom. The molecule has 1 aromatic carbocycles. The molecular formula is C18H23F3O3Se. The van der Waals surface area contributed by atoms with Crippen LogP contribution in [0.3, 0.4) is 0 Å². The summed E-state index contributed by atoms with van der Waals surface area (Å²) in [5.41, 5.74) is -2.09. The van der Waals surface area contributed by atoms with E-state index in [1.807, 2.05) is 30.3 Å². The maximum absolute atomic E-state index is 12.5. The van der Waals surface area contributed by atoms with Gasteiger partial charge in [0.1, 0.15) is 0 Å². The molecule has 7 heteroatoms. The molecule has 0 saturated heterocycles. The molecule has 0 aliphatic heterocycles. The van der Waals surface area contributed by atoms with Gasteiger partial charge in [-0.05, 0) is 0 Å². The summed E-state index contributed by atoms with van der Waals surface area (Å²) < 4.78 is 43.5. The Morgan fingerprint density at radius 2 is 1.88 bits per heavy atom. The predicted molar refractivity (Wildman–Crippen MR) is 89.8 cm³/mol. The van der Waals surface area contributed by atoms with Gasteiger partial charge in [-0.2, -0.15) is 0 Å². The quantitative estimate of drug-likeness (QED) is 0.598. The fourth-order valence-corrected chi connectivity index (χ4v) is 5.93. The van der Waals surface area contributed by atoms with Crippen molar-refractivity contribution in [3.05, 3.63) is 30.3 Å². The number of carbonyl (C=O) groups excluding carboxylic acids is 1. The van der Waals surface area contributed by atoms with E-state index in [9.17, 15) is 23.1 Å². The summed E-state index contributed by atoms with van der Waals surface area (Å²) in [5, 5.41) is 10.7. The SMILES string of the molecule is CC1(O)CCC(C(C)(C)OC(=O)C(F)(F)F)CC1[Se]c1ccccc1. The van der Waals surface area contributed by atoms with Crippen molar-refractivity contribution in [3.8, 4) is 0 Å². The molecule has 1 fully saturated rings. The van der Waals surface area contributed by atoms with E-state index in [1.165, 1.54) is 13.8 Å². The van der Waals surface area contributed by atoms with Crippen LogP contribution in [0.1, 0.15) is 40.0 Å². The van der Waals surface area contributed by atoms with Crippen molar-refractivity contribution in [3.63, 3.8) is 0 Å². The van der Waals surface area contributed by atoms with Gasteiger partial charge in [0, 0.05) is 0 Å². The van der Waals surface area contributed by atoms with Gasteiger partial charge in [-0.15, -0.1) is 0 Å². The molecule has 0 aromatic heterocycles. The van der Waals surface area contributed by atoms with Crippen LogP contribution in [0.4, 0.5) is 13.2 Å². The van der Waals surface area contributed by atoms with Gasteiger partial charge in [0.2, 0.25) is 0 Å². The van der Waals surface area contributed by atoms with Crippen molar-refractivity contribution in [1.29, 1.82) is 0 Å². The van der Waals surface area contributed by atoms with Gasteiger partial charge < -0.3 is 0 Å². The first-order valence-electron chi connectivity index (χ1n) is 8.16. The number of benzene rings is 1. The Hall–Kier alpha value is -1.04. The van der Waals surface area contributed by atoms with Crippen LogP contribution in [0.15, 0.2) is 30.3 Å². The van der Waals surface area contributed by atoms with Gasteiger partial charge >= 0.3 is 152 Å². The molecule has 0 bridgehead atoms. The van der Waals surface area contributed by atoms with Crippen LogP contribution >= 0.6 is 0 Å². The van der Waals surface area contributed by atoms with Gasteiger partial charge in [0.25, 0.3) is 0 Å². The summed E-state index contributed by atoms with van der Waals surface area (Å²) >= 11 is -0.0203. The first kappa shape index (κ1) is 20.3. The van der Waals surface area contributed by atoms with Crippen LogP contribution in [0.2, 0.25) is 4.82 Å². The Labute approximate surface area is 152 Å². The summed E-state index contributed by atoms with van der Waals surface area (Å²) in [4.78, 5) is 11.2. The number of hydrogen-bond acceptors (Lipinski definition) is 3. The van der Waals surface area contributed by atoms with E-state index in [1.54, 1.807) is 6.92 Å². The third-order valence-corrected chi connectivity index (χ3v) is 7.99. The Morgan fingerprint density at radius 1 is 1.28 bits per heavy atom. The molecule has 25 heavy (non-hydrogen) atoms. The van der Waals surface area contributed by atoms with E-state index < -0.39 is 23.3 Å². The summed E-state index contributed by atoms with van der Waals surface area (Å²) in [6.07, 6.45) is -3.47. The van der Waals surface area contributed by atoms with Gasteiger partial charge in [-0.3, -0.25) is 0 Å². The van der Waals surface area contributed by atoms with Gasteiger partial charge in [-0.1, -0.05) is 0 Å². The average molecular weight is 423 g/mol. The third-order valence-electron chi connectivity index (χ3n) is 4.78. The molecule has 1 aliphatic rings. The molecule has 0 amide bonds. The van der Waals surface area contributed by atoms with Crippen molar-refractivity contribution in [2.24, 2.45) is 5.92 Å². The predicted octanol–water partition coefficient (Wildman–Crippen LogP) is 3.24. The monoisotopic (exact) mass is 424 g/mol. The normalized spacial score (nSPS) is 27.8. The average Bonchev–Trinajstić information content (AvgIpc) is 2.48. The second-order valence-corrected chi connectivity index (χ2v) is 9.92. The van der Waals surface area contributed by atoms with Crippen molar-refractivity contribution < 1.29 is 27.8 Å². The van der Waals surface area contributed by atoms with Gasteiger partial charge in [0.05, 0.1) is 0 Å². The number of alkyl halides is 3. The zero-order valence-corrected chi connectivity index (χ0v) is 16.2. The number of halogens is 3. The van der Waals surface area contributed by atoms with Crippen LogP contribution in [0.25, 0.3) is 0 Å². The number of rotatable bonds is 4. The van der Waals surface area contributed by atoms with Crippen LogP contribution < -0.4 is 4.46 Å². The molecule has 1 N–H and O–H groups in total. The molecule has 2 rings (SSSR count). The fourth-order valence-electron chi connectivity index (χ4n) is 3.11. The molecule has 3 atom stereocenters. The summed E-state index contributed by atoms with van der Waals surface area (Å²) in [5.74, 6) is -2.38. The van der Waals surface area contributed by atoms with Crippen LogP contribution in [-0.4, -0.2) is 43.4 Å². The minimum atomic E-state index is -5.00. The molecule has 1 aromatic rings. The van der Waals surface area contributed by atoms with Gasteiger partial charge in [0.15, 0.2) is 0 Å². The van der Waals surface area contributed by atoms with E-state index >= 15 is 0 Å². The van der Waals surface area contributed by atoms with E-state index in [0.29, 0.717) is 19.3 Å². The molecule has 0 heterocycles. The summed E-state index contributed by atoms with van der Waals surface area (Å²) in [7, 11) is 0. The molecule has 1 saturated carbocycles. The number of hydrogen-bond donors (Lipinski definition) is 1. The van der Waals surface area contributed by atoms with Crippen LogP contribution in [0.5, 0.6) is 0 Å². The van der Waals surface area contributed by atoms with Crippen molar-refractivity contribution >= 4 is 25.4 Å². The molecule has 3 unspecified atom stereocenters. The molecular weight excluding hydrogens is 400 g/mol. The maximum atomic E-state index is 12.5. The fraction of sp³-hybridized carbons (Fsp3) is 0.611. The first-order chi connectivity index (χ1) is 11.4. The second kappa shape index (κ2) is 7.29. The Balaban J connectivity index is 2.11. The van der Waals surface area contributed by atoms with E-state index in [2.05, 4.69) is 0 Å². The number of aliphatic hydroxyl groups is 1. The van der Waals surface area contributed by atoms with E-state index in [-0.39, 0.29) is 25.7 Å². The second-order valence-electron chi connectivity index (χ2n) is 7.24. The molecule has 3 nitrogen and oxygen atoms in total. The molecule has 0 spiro atoms. The van der Waals surface area contributed by atoms with E-state index in [4.69, 9.17) is 4.74 Å². The molecule has 140 valence electrons. The first-order valence-corrected chi connectivity index (χ1v) is 10.0. The zero-order chi connectivity index (χ0) is 18.9. The Kier molecular flexibility index (Phi) is 5.92. The molecule has 0 radical (unpaired) electrons. The topological polar surface area (TPSA) is 46.5 Å². The van der Waals surface area contributed by atoms with Crippen molar-refractivity contribution in [1.82, 2.24) is 0 Å². The van der Waals surface area contributed by atoms with Crippen molar-refractivity contribution in [2.75, 3.05) is 0 Å². The zero-order valence-electron chi connectivity index (χ0n) is 14.5. The Bertz CT molecular complexity index is 599. The minimum absolute atomic E-state index is 0.0203. The van der Waals surface area contributed by atoms with Crippen LogP contribution in [-0.2, 0) is 9.53 Å². The number of ether oxygens (including phenoxy) is 1. The third kappa shape index (κ3) is 5.22. The number of carbonyl (C=O) groups is 1. The van der Waals surface area contributed by atoms with Crippen molar-refractivity contribution in [2.45, 2.75) is 62.2 Å². The van der Waals surface area contributed by atoms with Crippen LogP contribution in [0, 0.1) is 5.92 Å². The summed E-state index contributed by atoms with van der Waals surface area (Å²) in [6, 6.07) is 9.77.